The smallest absolute Gasteiger partial charge is 0.317 e. The molecule has 0 atom stereocenters. The van der Waals surface area contributed by atoms with Crippen molar-refractivity contribution in [1.82, 2.24) is 0 Å². The van der Waals surface area contributed by atoms with Gasteiger partial charge in [0, 0.05) is 10.6 Å². The highest BCUT2D eigenvalue weighted by atomic mass is 35.5. The van der Waals surface area contributed by atoms with Crippen molar-refractivity contribution < 1.29 is 9.63 Å². The number of benzene rings is 1. The van der Waals surface area contributed by atoms with Gasteiger partial charge in [-0.1, -0.05) is 35.0 Å². The van der Waals surface area contributed by atoms with Crippen molar-refractivity contribution in [2.45, 2.75) is 27.7 Å². The molecule has 1 rings (SSSR count). The number of hydrogen-bond acceptors (Lipinski definition) is 3. The van der Waals surface area contributed by atoms with E-state index < -0.39 is 5.41 Å². The van der Waals surface area contributed by atoms with Gasteiger partial charge in [-0.05, 0) is 33.8 Å². The topological polar surface area (TPSA) is 38.7 Å². The van der Waals surface area contributed by atoms with Crippen LogP contribution in [0.15, 0.2) is 29.4 Å². The highest BCUT2D eigenvalue weighted by Gasteiger charge is 2.23. The third-order valence-corrected chi connectivity index (χ3v) is 2.47. The van der Waals surface area contributed by atoms with Gasteiger partial charge in [0.15, 0.2) is 0 Å². The largest absolute Gasteiger partial charge is 0.340 e. The van der Waals surface area contributed by atoms with E-state index in [0.29, 0.717) is 10.7 Å². The summed E-state index contributed by atoms with van der Waals surface area (Å²) in [6.07, 6.45) is 0. The van der Waals surface area contributed by atoms with Crippen LogP contribution in [-0.4, -0.2) is 11.7 Å². The monoisotopic (exact) mass is 253 g/mol. The van der Waals surface area contributed by atoms with Crippen LogP contribution in [0.3, 0.4) is 0 Å². The van der Waals surface area contributed by atoms with Crippen LogP contribution in [0.2, 0.25) is 5.02 Å². The van der Waals surface area contributed by atoms with E-state index in [1.807, 2.05) is 18.2 Å². The fourth-order valence-electron chi connectivity index (χ4n) is 1.05. The molecule has 0 saturated heterocycles. The molecule has 1 aromatic carbocycles. The number of carbonyl (C=O) groups is 1. The molecule has 3 nitrogen and oxygen atoms in total. The molecule has 0 aliphatic heterocycles. The Balaban J connectivity index is 2.82. The Kier molecular flexibility index (Phi) is 4.29. The van der Waals surface area contributed by atoms with Crippen molar-refractivity contribution in [2.75, 3.05) is 0 Å². The normalized spacial score (nSPS) is 12.4. The zero-order valence-corrected chi connectivity index (χ0v) is 11.2. The number of oxime groups is 1. The highest BCUT2D eigenvalue weighted by Crippen LogP contribution is 2.18. The number of nitrogens with zero attached hydrogens (tertiary/aromatic N) is 1. The van der Waals surface area contributed by atoms with Crippen LogP contribution in [0, 0.1) is 5.41 Å². The van der Waals surface area contributed by atoms with Gasteiger partial charge < -0.3 is 4.84 Å². The molecule has 0 unspecified atom stereocenters. The maximum absolute atomic E-state index is 11.5. The lowest BCUT2D eigenvalue weighted by Crippen LogP contribution is -2.21. The summed E-state index contributed by atoms with van der Waals surface area (Å²) in [6.45, 7) is 7.07. The molecule has 0 aliphatic rings. The van der Waals surface area contributed by atoms with Crippen LogP contribution in [0.5, 0.6) is 0 Å². The zero-order valence-electron chi connectivity index (χ0n) is 10.5. The Hall–Kier alpha value is -1.35. The standard InChI is InChI=1S/C13H16ClNO2/c1-9(10-7-5-6-8-11(10)14)15-17-12(16)13(2,3)4/h5-8H,1-4H3/b15-9+. The molecule has 0 amide bonds. The van der Waals surface area contributed by atoms with E-state index in [4.69, 9.17) is 16.4 Å². The highest BCUT2D eigenvalue weighted by molar-refractivity contribution is 6.34. The van der Waals surface area contributed by atoms with Crippen LogP contribution in [0.25, 0.3) is 0 Å². The van der Waals surface area contributed by atoms with E-state index in [0.717, 1.165) is 5.56 Å². The Labute approximate surface area is 106 Å². The van der Waals surface area contributed by atoms with E-state index in [9.17, 15) is 4.79 Å². The molecule has 4 heteroatoms. The van der Waals surface area contributed by atoms with E-state index in [2.05, 4.69) is 5.16 Å². The van der Waals surface area contributed by atoms with Gasteiger partial charge in [0.1, 0.15) is 0 Å². The van der Waals surface area contributed by atoms with Crippen molar-refractivity contribution in [3.8, 4) is 0 Å². The molecule has 92 valence electrons. The molecule has 17 heavy (non-hydrogen) atoms. The van der Waals surface area contributed by atoms with Gasteiger partial charge in [0.05, 0.1) is 11.1 Å². The van der Waals surface area contributed by atoms with E-state index in [-0.39, 0.29) is 5.97 Å². The molecule has 0 fully saturated rings. The molecular formula is C13H16ClNO2. The molecule has 0 N–H and O–H groups in total. The summed E-state index contributed by atoms with van der Waals surface area (Å²) in [5.74, 6) is -0.371. The summed E-state index contributed by atoms with van der Waals surface area (Å²) >= 11 is 6.00. The SMILES string of the molecule is C/C(=N\OC(=O)C(C)(C)C)c1ccccc1Cl. The molecular weight excluding hydrogens is 238 g/mol. The lowest BCUT2D eigenvalue weighted by molar-refractivity contribution is -0.152. The molecule has 0 heterocycles. The quantitative estimate of drug-likeness (QED) is 0.458. The summed E-state index contributed by atoms with van der Waals surface area (Å²) in [7, 11) is 0. The van der Waals surface area contributed by atoms with Crippen LogP contribution in [-0.2, 0) is 9.63 Å². The number of carbonyl (C=O) groups excluding carboxylic acids is 1. The second-order valence-electron chi connectivity index (χ2n) is 4.79. The first-order chi connectivity index (χ1) is 7.82. The molecule has 1 aromatic rings. The summed E-state index contributed by atoms with van der Waals surface area (Å²) in [4.78, 5) is 16.4. The number of hydrogen-bond donors (Lipinski definition) is 0. The Morgan fingerprint density at radius 1 is 1.29 bits per heavy atom. The van der Waals surface area contributed by atoms with Crippen LogP contribution >= 0.6 is 11.6 Å². The van der Waals surface area contributed by atoms with Gasteiger partial charge in [-0.3, -0.25) is 0 Å². The maximum Gasteiger partial charge on any atom is 0.340 e. The zero-order chi connectivity index (χ0) is 13.1. The molecule has 0 radical (unpaired) electrons. The van der Waals surface area contributed by atoms with Crippen LogP contribution in [0.4, 0.5) is 0 Å². The summed E-state index contributed by atoms with van der Waals surface area (Å²) < 4.78 is 0. The van der Waals surface area contributed by atoms with Gasteiger partial charge >= 0.3 is 5.97 Å². The molecule has 0 bridgehead atoms. The molecule has 0 aliphatic carbocycles. The molecule has 0 saturated carbocycles. The maximum atomic E-state index is 11.5. The van der Waals surface area contributed by atoms with Crippen LogP contribution < -0.4 is 0 Å². The first-order valence-electron chi connectivity index (χ1n) is 5.33. The van der Waals surface area contributed by atoms with Crippen molar-refractivity contribution in [1.29, 1.82) is 0 Å². The summed E-state index contributed by atoms with van der Waals surface area (Å²) in [5.41, 5.74) is 0.772. The predicted molar refractivity (Wildman–Crippen MR) is 69.2 cm³/mol. The average Bonchev–Trinajstić information content (AvgIpc) is 2.24. The summed E-state index contributed by atoms with van der Waals surface area (Å²) in [5, 5.41) is 4.39. The van der Waals surface area contributed by atoms with Crippen molar-refractivity contribution in [3.05, 3.63) is 34.9 Å². The Bertz CT molecular complexity index is 447. The first kappa shape index (κ1) is 13.7. The van der Waals surface area contributed by atoms with E-state index >= 15 is 0 Å². The summed E-state index contributed by atoms with van der Waals surface area (Å²) in [6, 6.07) is 7.28. The van der Waals surface area contributed by atoms with Crippen molar-refractivity contribution >= 4 is 23.3 Å². The minimum Gasteiger partial charge on any atom is -0.317 e. The third-order valence-electron chi connectivity index (χ3n) is 2.14. The fraction of sp³-hybridized carbons (Fsp3) is 0.385. The van der Waals surface area contributed by atoms with Crippen LogP contribution in [0.1, 0.15) is 33.3 Å². The van der Waals surface area contributed by atoms with E-state index in [1.165, 1.54) is 0 Å². The van der Waals surface area contributed by atoms with Crippen molar-refractivity contribution in [2.24, 2.45) is 10.6 Å². The Morgan fingerprint density at radius 3 is 2.41 bits per heavy atom. The van der Waals surface area contributed by atoms with Gasteiger partial charge in [-0.2, -0.15) is 0 Å². The lowest BCUT2D eigenvalue weighted by Gasteiger charge is -2.13. The first-order valence-corrected chi connectivity index (χ1v) is 5.71. The van der Waals surface area contributed by atoms with Gasteiger partial charge in [0.25, 0.3) is 0 Å². The average molecular weight is 254 g/mol. The van der Waals surface area contributed by atoms with Gasteiger partial charge in [-0.25, -0.2) is 4.79 Å². The van der Waals surface area contributed by atoms with Gasteiger partial charge in [-0.15, -0.1) is 0 Å². The second kappa shape index (κ2) is 5.32. The minimum absolute atomic E-state index is 0.371. The fourth-order valence-corrected chi connectivity index (χ4v) is 1.32. The predicted octanol–water partition coefficient (Wildman–Crippen LogP) is 3.65. The van der Waals surface area contributed by atoms with Gasteiger partial charge in [0.2, 0.25) is 0 Å². The van der Waals surface area contributed by atoms with E-state index in [1.54, 1.807) is 33.8 Å². The third kappa shape index (κ3) is 3.86. The number of rotatable bonds is 2. The number of halogens is 1. The second-order valence-corrected chi connectivity index (χ2v) is 5.19. The Morgan fingerprint density at radius 2 is 1.88 bits per heavy atom. The lowest BCUT2D eigenvalue weighted by atomic mass is 9.98. The van der Waals surface area contributed by atoms with Crippen molar-refractivity contribution in [3.63, 3.8) is 0 Å². The molecule has 0 spiro atoms. The minimum atomic E-state index is -0.565. The molecule has 0 aromatic heterocycles.